The van der Waals surface area contributed by atoms with Crippen molar-refractivity contribution in [3.8, 4) is 0 Å². The van der Waals surface area contributed by atoms with Crippen molar-refractivity contribution in [1.29, 1.82) is 0 Å². The van der Waals surface area contributed by atoms with E-state index < -0.39 is 36.3 Å². The fraction of sp³-hybridized carbons (Fsp3) is 0.846. The number of fused-ring (bicyclic) bond motifs is 1. The van der Waals surface area contributed by atoms with Crippen LogP contribution in [0, 0.1) is 22.7 Å². The highest BCUT2D eigenvalue weighted by Gasteiger charge is 2.52. The van der Waals surface area contributed by atoms with Gasteiger partial charge in [0.25, 0.3) is 0 Å². The van der Waals surface area contributed by atoms with Crippen LogP contribution in [-0.2, 0) is 9.47 Å². The molecule has 0 amide bonds. The molecule has 0 aromatic carbocycles. The van der Waals surface area contributed by atoms with Crippen molar-refractivity contribution in [2.75, 3.05) is 0 Å². The SMILES string of the molecule is C=C[C@@](C)(CC[C@H]1C(C)=CC[C@H]2C(C)(C)CCC[C@]12C)O[C@@H]1OC(C)[C@H](O)[C@H](O)C1O. The van der Waals surface area contributed by atoms with Gasteiger partial charge < -0.3 is 24.8 Å². The Bertz CT molecular complexity index is 687. The molecule has 0 bridgehead atoms. The van der Waals surface area contributed by atoms with Crippen LogP contribution < -0.4 is 0 Å². The lowest BCUT2D eigenvalue weighted by Crippen LogP contribution is -2.58. The number of hydrogen-bond acceptors (Lipinski definition) is 5. The van der Waals surface area contributed by atoms with Crippen molar-refractivity contribution in [2.24, 2.45) is 22.7 Å². The van der Waals surface area contributed by atoms with Gasteiger partial charge in [-0.2, -0.15) is 0 Å². The molecule has 3 N–H and O–H groups in total. The van der Waals surface area contributed by atoms with Crippen LogP contribution in [0.3, 0.4) is 0 Å². The Morgan fingerprint density at radius 1 is 1.19 bits per heavy atom. The molecule has 0 spiro atoms. The van der Waals surface area contributed by atoms with Crippen LogP contribution >= 0.6 is 0 Å². The summed E-state index contributed by atoms with van der Waals surface area (Å²) in [5.41, 5.74) is 1.40. The monoisotopic (exact) mass is 436 g/mol. The van der Waals surface area contributed by atoms with Gasteiger partial charge >= 0.3 is 0 Å². The van der Waals surface area contributed by atoms with Gasteiger partial charge in [0.15, 0.2) is 6.29 Å². The van der Waals surface area contributed by atoms with Crippen LogP contribution in [0.25, 0.3) is 0 Å². The highest BCUT2D eigenvalue weighted by molar-refractivity contribution is 5.18. The second-order valence-electron chi connectivity index (χ2n) is 11.5. The van der Waals surface area contributed by atoms with E-state index in [9.17, 15) is 15.3 Å². The number of aliphatic hydroxyl groups excluding tert-OH is 3. The average Bonchev–Trinajstić information content (AvgIpc) is 2.69. The minimum absolute atomic E-state index is 0.276. The lowest BCUT2D eigenvalue weighted by molar-refractivity contribution is -0.313. The lowest BCUT2D eigenvalue weighted by atomic mass is 9.48. The van der Waals surface area contributed by atoms with Crippen LogP contribution in [0.15, 0.2) is 24.3 Å². The number of hydrogen-bond donors (Lipinski definition) is 3. The molecule has 3 aliphatic rings. The Hall–Kier alpha value is -0.720. The zero-order chi connectivity index (χ0) is 23.2. The minimum atomic E-state index is -1.30. The van der Waals surface area contributed by atoms with E-state index in [-0.39, 0.29) is 5.41 Å². The third-order valence-corrected chi connectivity index (χ3v) is 8.85. The topological polar surface area (TPSA) is 79.2 Å². The lowest BCUT2D eigenvalue weighted by Gasteiger charge is -2.57. The van der Waals surface area contributed by atoms with Gasteiger partial charge in [0.1, 0.15) is 18.3 Å². The molecule has 9 atom stereocenters. The third kappa shape index (κ3) is 4.67. The molecule has 0 aromatic rings. The summed E-state index contributed by atoms with van der Waals surface area (Å²) in [5, 5.41) is 30.5. The van der Waals surface area contributed by atoms with Crippen LogP contribution in [0.2, 0.25) is 0 Å². The van der Waals surface area contributed by atoms with Gasteiger partial charge in [-0.15, -0.1) is 6.58 Å². The van der Waals surface area contributed by atoms with E-state index in [1.807, 2.05) is 6.92 Å². The van der Waals surface area contributed by atoms with Crippen LogP contribution in [-0.4, -0.2) is 51.6 Å². The summed E-state index contributed by atoms with van der Waals surface area (Å²) in [4.78, 5) is 0. The number of ether oxygens (including phenoxy) is 2. The molecular formula is C26H44O5. The molecule has 178 valence electrons. The quantitative estimate of drug-likeness (QED) is 0.539. The highest BCUT2D eigenvalue weighted by atomic mass is 16.7. The molecule has 1 saturated carbocycles. The summed E-state index contributed by atoms with van der Waals surface area (Å²) in [6.07, 6.45) is 5.58. The fourth-order valence-corrected chi connectivity index (χ4v) is 6.71. The third-order valence-electron chi connectivity index (χ3n) is 8.85. The smallest absolute Gasteiger partial charge is 0.187 e. The summed E-state index contributed by atoms with van der Waals surface area (Å²) in [5.74, 6) is 1.16. The Morgan fingerprint density at radius 3 is 2.52 bits per heavy atom. The first-order chi connectivity index (χ1) is 14.3. The Morgan fingerprint density at radius 2 is 1.87 bits per heavy atom. The number of aliphatic hydroxyl groups is 3. The van der Waals surface area contributed by atoms with Gasteiger partial charge in [-0.25, -0.2) is 0 Å². The van der Waals surface area contributed by atoms with Crippen molar-refractivity contribution in [3.63, 3.8) is 0 Å². The van der Waals surface area contributed by atoms with Gasteiger partial charge in [-0.05, 0) is 75.5 Å². The van der Waals surface area contributed by atoms with Gasteiger partial charge in [-0.1, -0.05) is 44.9 Å². The summed E-state index contributed by atoms with van der Waals surface area (Å²) < 4.78 is 11.9. The Labute approximate surface area is 188 Å². The molecule has 1 aliphatic heterocycles. The van der Waals surface area contributed by atoms with E-state index in [2.05, 4.69) is 40.3 Å². The molecule has 3 rings (SSSR count). The van der Waals surface area contributed by atoms with Gasteiger partial charge in [0.05, 0.1) is 11.7 Å². The number of rotatable bonds is 6. The van der Waals surface area contributed by atoms with E-state index in [0.29, 0.717) is 17.3 Å². The van der Waals surface area contributed by atoms with E-state index in [0.717, 1.165) is 12.8 Å². The predicted molar refractivity (Wildman–Crippen MR) is 122 cm³/mol. The maximum atomic E-state index is 10.4. The molecule has 5 heteroatoms. The maximum Gasteiger partial charge on any atom is 0.187 e. The zero-order valence-corrected chi connectivity index (χ0v) is 20.3. The zero-order valence-electron chi connectivity index (χ0n) is 20.3. The molecule has 5 nitrogen and oxygen atoms in total. The first-order valence-corrected chi connectivity index (χ1v) is 12.0. The summed E-state index contributed by atoms with van der Waals surface area (Å²) in [7, 11) is 0. The number of allylic oxidation sites excluding steroid dienone is 2. The van der Waals surface area contributed by atoms with Crippen molar-refractivity contribution >= 4 is 0 Å². The molecule has 2 unspecified atom stereocenters. The predicted octanol–water partition coefficient (Wildman–Crippen LogP) is 4.35. The Balaban J connectivity index is 1.74. The summed E-state index contributed by atoms with van der Waals surface area (Å²) >= 11 is 0. The highest BCUT2D eigenvalue weighted by Crippen LogP contribution is 2.60. The van der Waals surface area contributed by atoms with Gasteiger partial charge in [0.2, 0.25) is 0 Å². The van der Waals surface area contributed by atoms with Crippen molar-refractivity contribution in [1.82, 2.24) is 0 Å². The Kier molecular flexibility index (Phi) is 7.16. The second kappa shape index (κ2) is 8.90. The molecule has 0 radical (unpaired) electrons. The van der Waals surface area contributed by atoms with Crippen LogP contribution in [0.4, 0.5) is 0 Å². The van der Waals surface area contributed by atoms with Crippen molar-refractivity contribution < 1.29 is 24.8 Å². The standard InChI is InChI=1S/C26H44O5/c1-8-25(6,31-23-22(29)21(28)20(27)17(3)30-23)15-12-18-16(2)10-11-19-24(4,5)13-9-14-26(18,19)7/h8,10,17-23,27-29H,1,9,11-15H2,2-7H3/t17?,18-,19-,20-,21-,22?,23-,25-,26+/m0/s1. The fourth-order valence-electron chi connectivity index (χ4n) is 6.71. The van der Waals surface area contributed by atoms with E-state index in [1.54, 1.807) is 13.0 Å². The van der Waals surface area contributed by atoms with E-state index in [4.69, 9.17) is 9.47 Å². The first kappa shape index (κ1) is 24.9. The summed E-state index contributed by atoms with van der Waals surface area (Å²) in [6, 6.07) is 0. The molecule has 2 aliphatic carbocycles. The van der Waals surface area contributed by atoms with E-state index >= 15 is 0 Å². The maximum absolute atomic E-state index is 10.4. The molecule has 31 heavy (non-hydrogen) atoms. The van der Waals surface area contributed by atoms with Gasteiger partial charge in [-0.3, -0.25) is 0 Å². The normalized spacial score (nSPS) is 44.7. The van der Waals surface area contributed by atoms with E-state index in [1.165, 1.54) is 31.3 Å². The van der Waals surface area contributed by atoms with Gasteiger partial charge in [0, 0.05) is 0 Å². The molecule has 1 heterocycles. The first-order valence-electron chi connectivity index (χ1n) is 12.0. The summed E-state index contributed by atoms with van der Waals surface area (Å²) in [6.45, 7) is 17.2. The molecule has 0 aromatic heterocycles. The average molecular weight is 437 g/mol. The van der Waals surface area contributed by atoms with Crippen LogP contribution in [0.5, 0.6) is 0 Å². The minimum Gasteiger partial charge on any atom is -0.388 e. The largest absolute Gasteiger partial charge is 0.388 e. The second-order valence-corrected chi connectivity index (χ2v) is 11.5. The molecule has 2 fully saturated rings. The van der Waals surface area contributed by atoms with Crippen molar-refractivity contribution in [3.05, 3.63) is 24.3 Å². The molecular weight excluding hydrogens is 392 g/mol. The van der Waals surface area contributed by atoms with Crippen molar-refractivity contribution in [2.45, 2.75) is 116 Å². The molecule has 1 saturated heterocycles. The van der Waals surface area contributed by atoms with Crippen LogP contribution in [0.1, 0.15) is 80.1 Å².